The fourth-order valence-corrected chi connectivity index (χ4v) is 7.81. The molecule has 244 valence electrons. The topological polar surface area (TPSA) is 121 Å². The summed E-state index contributed by atoms with van der Waals surface area (Å²) >= 11 is 0. The predicted octanol–water partition coefficient (Wildman–Crippen LogP) is 6.74. The first-order valence-corrected chi connectivity index (χ1v) is 17.1. The standard InChI is InChI=1S/C36H39N5O5S/c1-25-13-16-27(17-14-25)47(44,45)41-24-36(28-9-5-8-12-31(28)41)19-21-40(22-20-36)32-18-15-26(23-37-32)33(42)38-29-10-6-7-11-30(29)39-34(43)46-35(2,3)4/h5-18,23H,19-22,24H2,1-4H3,(H,38,42)(H,39,43). The maximum Gasteiger partial charge on any atom is 0.412 e. The molecule has 1 fully saturated rings. The van der Waals surface area contributed by atoms with E-state index in [0.29, 0.717) is 41.5 Å². The molecule has 1 saturated heterocycles. The van der Waals surface area contributed by atoms with Gasteiger partial charge >= 0.3 is 6.09 Å². The molecule has 4 aromatic rings. The molecule has 0 unspecified atom stereocenters. The number of para-hydroxylation sites is 3. The Labute approximate surface area is 275 Å². The lowest BCUT2D eigenvalue weighted by Crippen LogP contribution is -2.46. The second kappa shape index (κ2) is 12.4. The van der Waals surface area contributed by atoms with E-state index in [2.05, 4.69) is 26.6 Å². The molecule has 47 heavy (non-hydrogen) atoms. The van der Waals surface area contributed by atoms with Crippen LogP contribution in [0.2, 0.25) is 0 Å². The molecule has 10 nitrogen and oxygen atoms in total. The van der Waals surface area contributed by atoms with Crippen molar-refractivity contribution in [1.29, 1.82) is 0 Å². The van der Waals surface area contributed by atoms with Gasteiger partial charge in [0.15, 0.2) is 0 Å². The number of carbonyl (C=O) groups excluding carboxylic acids is 2. The Balaban J connectivity index is 1.12. The minimum Gasteiger partial charge on any atom is -0.444 e. The van der Waals surface area contributed by atoms with Gasteiger partial charge in [0, 0.05) is 31.2 Å². The SMILES string of the molecule is Cc1ccc(S(=O)(=O)N2CC3(CCN(c4ccc(C(=O)Nc5ccccc5NC(=O)OC(C)(C)C)cn4)CC3)c3ccccc32)cc1. The van der Waals surface area contributed by atoms with Crippen molar-refractivity contribution in [2.45, 2.75) is 56.4 Å². The van der Waals surface area contributed by atoms with Gasteiger partial charge in [-0.05, 0) is 88.6 Å². The highest BCUT2D eigenvalue weighted by Gasteiger charge is 2.48. The minimum atomic E-state index is -3.72. The molecular weight excluding hydrogens is 614 g/mol. The maximum atomic E-state index is 13.8. The van der Waals surface area contributed by atoms with Crippen molar-refractivity contribution in [3.63, 3.8) is 0 Å². The Bertz CT molecular complexity index is 1900. The number of sulfonamides is 1. The normalized spacial score (nSPS) is 15.7. The van der Waals surface area contributed by atoms with E-state index >= 15 is 0 Å². The quantitative estimate of drug-likeness (QED) is 0.237. The number of nitrogens with zero attached hydrogens (tertiary/aromatic N) is 3. The number of hydrogen-bond acceptors (Lipinski definition) is 7. The average Bonchev–Trinajstić information content (AvgIpc) is 3.36. The summed E-state index contributed by atoms with van der Waals surface area (Å²) in [5.74, 6) is 0.385. The molecule has 2 N–H and O–H groups in total. The first-order valence-electron chi connectivity index (χ1n) is 15.7. The third-order valence-electron chi connectivity index (χ3n) is 8.66. The van der Waals surface area contributed by atoms with Crippen LogP contribution in [0.15, 0.2) is 96.0 Å². The van der Waals surface area contributed by atoms with Gasteiger partial charge in [-0.3, -0.25) is 14.4 Å². The number of fused-ring (bicyclic) bond motifs is 2. The summed E-state index contributed by atoms with van der Waals surface area (Å²) in [6, 6.07) is 25.3. The molecule has 0 atom stereocenters. The third kappa shape index (κ3) is 6.66. The lowest BCUT2D eigenvalue weighted by Gasteiger charge is -2.40. The van der Waals surface area contributed by atoms with Crippen LogP contribution in [0.5, 0.6) is 0 Å². The van der Waals surface area contributed by atoms with Gasteiger partial charge < -0.3 is 15.0 Å². The fraction of sp³-hybridized carbons (Fsp3) is 0.306. The number of aromatic nitrogens is 1. The zero-order valence-corrected chi connectivity index (χ0v) is 27.8. The Morgan fingerprint density at radius 1 is 0.851 bits per heavy atom. The molecule has 6 rings (SSSR count). The van der Waals surface area contributed by atoms with Crippen LogP contribution in [0.1, 0.15) is 55.1 Å². The van der Waals surface area contributed by atoms with Crippen LogP contribution in [0.3, 0.4) is 0 Å². The Morgan fingerprint density at radius 3 is 2.13 bits per heavy atom. The van der Waals surface area contributed by atoms with E-state index in [1.54, 1.807) is 73.7 Å². The van der Waals surface area contributed by atoms with E-state index in [4.69, 9.17) is 4.74 Å². The molecule has 0 saturated carbocycles. The van der Waals surface area contributed by atoms with Crippen LogP contribution in [-0.4, -0.2) is 50.6 Å². The van der Waals surface area contributed by atoms with Crippen molar-refractivity contribution in [3.8, 4) is 0 Å². The third-order valence-corrected chi connectivity index (χ3v) is 10.4. The summed E-state index contributed by atoms with van der Waals surface area (Å²) in [6.07, 6.45) is 2.44. The van der Waals surface area contributed by atoms with Crippen LogP contribution in [0.4, 0.5) is 27.7 Å². The van der Waals surface area contributed by atoms with E-state index in [1.807, 2.05) is 43.3 Å². The molecular formula is C36H39N5O5S. The van der Waals surface area contributed by atoms with Crippen LogP contribution < -0.4 is 19.8 Å². The minimum absolute atomic E-state index is 0.295. The number of aryl methyl sites for hydroxylation is 1. The number of benzene rings is 3. The molecule has 2 amide bonds. The van der Waals surface area contributed by atoms with Crippen molar-refractivity contribution >= 4 is 44.9 Å². The van der Waals surface area contributed by atoms with Crippen LogP contribution in [-0.2, 0) is 20.2 Å². The number of pyridine rings is 1. The second-order valence-corrected chi connectivity index (χ2v) is 15.0. The van der Waals surface area contributed by atoms with Crippen LogP contribution in [0.25, 0.3) is 0 Å². The maximum absolute atomic E-state index is 13.8. The molecule has 3 aromatic carbocycles. The monoisotopic (exact) mass is 653 g/mol. The number of amides is 2. The van der Waals surface area contributed by atoms with Crippen molar-refractivity contribution in [1.82, 2.24) is 4.98 Å². The van der Waals surface area contributed by atoms with E-state index in [0.717, 1.165) is 35.5 Å². The molecule has 2 aliphatic heterocycles. The second-order valence-electron chi connectivity index (χ2n) is 13.1. The number of ether oxygens (including phenoxy) is 1. The first-order chi connectivity index (χ1) is 22.3. The number of anilines is 4. The summed E-state index contributed by atoms with van der Waals surface area (Å²) in [6.45, 7) is 9.05. The number of nitrogens with one attached hydrogen (secondary N) is 2. The fourth-order valence-electron chi connectivity index (χ4n) is 6.24. The summed E-state index contributed by atoms with van der Waals surface area (Å²) in [5.41, 5.74) is 3.09. The molecule has 3 heterocycles. The van der Waals surface area contributed by atoms with Crippen molar-refractivity contribution < 1.29 is 22.7 Å². The highest BCUT2D eigenvalue weighted by molar-refractivity contribution is 7.92. The molecule has 0 bridgehead atoms. The van der Waals surface area contributed by atoms with Gasteiger partial charge in [0.05, 0.1) is 27.5 Å². The van der Waals surface area contributed by atoms with Crippen molar-refractivity contribution in [3.05, 3.63) is 108 Å². The highest BCUT2D eigenvalue weighted by Crippen LogP contribution is 2.49. The number of hydrogen-bond donors (Lipinski definition) is 2. The lowest BCUT2D eigenvalue weighted by atomic mass is 9.74. The molecule has 0 aliphatic carbocycles. The Kier molecular flexibility index (Phi) is 8.44. The van der Waals surface area contributed by atoms with E-state index in [1.165, 1.54) is 0 Å². The first kappa shape index (κ1) is 32.1. The molecule has 11 heteroatoms. The van der Waals surface area contributed by atoms with Gasteiger partial charge in [0.25, 0.3) is 15.9 Å². The summed E-state index contributed by atoms with van der Waals surface area (Å²) < 4.78 is 34.5. The zero-order chi connectivity index (χ0) is 33.4. The van der Waals surface area contributed by atoms with Crippen molar-refractivity contribution in [2.75, 3.05) is 39.5 Å². The van der Waals surface area contributed by atoms with Gasteiger partial charge in [-0.25, -0.2) is 18.2 Å². The Morgan fingerprint density at radius 2 is 1.49 bits per heavy atom. The van der Waals surface area contributed by atoms with Crippen LogP contribution in [0, 0.1) is 6.92 Å². The lowest BCUT2D eigenvalue weighted by molar-refractivity contribution is 0.0635. The highest BCUT2D eigenvalue weighted by atomic mass is 32.2. The van der Waals surface area contributed by atoms with E-state index in [9.17, 15) is 18.0 Å². The van der Waals surface area contributed by atoms with Gasteiger partial charge in [-0.15, -0.1) is 0 Å². The molecule has 2 aliphatic rings. The smallest absolute Gasteiger partial charge is 0.412 e. The van der Waals surface area contributed by atoms with E-state index in [-0.39, 0.29) is 11.3 Å². The van der Waals surface area contributed by atoms with Gasteiger partial charge in [-0.2, -0.15) is 0 Å². The number of rotatable bonds is 6. The molecule has 0 radical (unpaired) electrons. The number of carbonyl (C=O) groups is 2. The van der Waals surface area contributed by atoms with Gasteiger partial charge in [0.1, 0.15) is 11.4 Å². The van der Waals surface area contributed by atoms with Crippen LogP contribution >= 0.6 is 0 Å². The largest absolute Gasteiger partial charge is 0.444 e. The number of piperidine rings is 1. The summed E-state index contributed by atoms with van der Waals surface area (Å²) in [5, 5.41) is 5.54. The molecule has 1 spiro atoms. The predicted molar refractivity (Wildman–Crippen MR) is 184 cm³/mol. The van der Waals surface area contributed by atoms with Crippen molar-refractivity contribution in [2.24, 2.45) is 0 Å². The summed E-state index contributed by atoms with van der Waals surface area (Å²) in [4.78, 5) is 32.5. The molecule has 1 aromatic heterocycles. The Hall–Kier alpha value is -4.90. The van der Waals surface area contributed by atoms with Gasteiger partial charge in [-0.1, -0.05) is 48.0 Å². The summed E-state index contributed by atoms with van der Waals surface area (Å²) in [7, 11) is -3.72. The zero-order valence-electron chi connectivity index (χ0n) is 27.0. The average molecular weight is 654 g/mol. The van der Waals surface area contributed by atoms with E-state index < -0.39 is 21.7 Å². The van der Waals surface area contributed by atoms with Gasteiger partial charge in [0.2, 0.25) is 0 Å².